The van der Waals surface area contributed by atoms with Crippen LogP contribution in [-0.2, 0) is 4.79 Å². The first kappa shape index (κ1) is 21.0. The van der Waals surface area contributed by atoms with Gasteiger partial charge in [-0.1, -0.05) is 6.42 Å². The molecule has 1 N–H and O–H groups in total. The predicted octanol–water partition coefficient (Wildman–Crippen LogP) is 3.50. The van der Waals surface area contributed by atoms with Crippen molar-refractivity contribution in [2.75, 3.05) is 33.9 Å². The molecule has 1 aliphatic heterocycles. The van der Waals surface area contributed by atoms with Crippen molar-refractivity contribution in [3.05, 3.63) is 23.8 Å². The number of carbonyl (C=O) groups is 2. The van der Waals surface area contributed by atoms with Crippen LogP contribution in [-0.4, -0.2) is 50.6 Å². The number of carbonyl (C=O) groups excluding carboxylic acids is 2. The van der Waals surface area contributed by atoms with E-state index in [0.29, 0.717) is 43.0 Å². The van der Waals surface area contributed by atoms with E-state index in [2.05, 4.69) is 5.32 Å². The van der Waals surface area contributed by atoms with Gasteiger partial charge in [0.25, 0.3) is 5.91 Å². The van der Waals surface area contributed by atoms with Gasteiger partial charge in [0, 0.05) is 37.2 Å². The molecule has 2 amide bonds. The van der Waals surface area contributed by atoms with E-state index in [4.69, 9.17) is 9.47 Å². The molecule has 6 heteroatoms. The lowest BCUT2D eigenvalue weighted by Crippen LogP contribution is -2.43. The Morgan fingerprint density at radius 1 is 1.00 bits per heavy atom. The number of likely N-dealkylation sites (tertiary alicyclic amines) is 1. The molecular formula is C24H34N2O4. The summed E-state index contributed by atoms with van der Waals surface area (Å²) in [7, 11) is 3.15. The van der Waals surface area contributed by atoms with Gasteiger partial charge in [-0.3, -0.25) is 9.59 Å². The van der Waals surface area contributed by atoms with E-state index in [9.17, 15) is 9.59 Å². The van der Waals surface area contributed by atoms with Gasteiger partial charge in [0.2, 0.25) is 5.91 Å². The second-order valence-corrected chi connectivity index (χ2v) is 9.18. The van der Waals surface area contributed by atoms with Gasteiger partial charge in [0.05, 0.1) is 14.2 Å². The van der Waals surface area contributed by atoms with Gasteiger partial charge in [-0.2, -0.15) is 0 Å². The molecule has 4 rings (SSSR count). The second-order valence-electron chi connectivity index (χ2n) is 9.18. The summed E-state index contributed by atoms with van der Waals surface area (Å²) >= 11 is 0. The summed E-state index contributed by atoms with van der Waals surface area (Å²) in [5.41, 5.74) is 0.556. The van der Waals surface area contributed by atoms with Crippen LogP contribution in [0.3, 0.4) is 0 Å². The fourth-order valence-electron chi connectivity index (χ4n) is 5.71. The van der Waals surface area contributed by atoms with Crippen LogP contribution in [0.4, 0.5) is 0 Å². The van der Waals surface area contributed by atoms with Gasteiger partial charge in [-0.25, -0.2) is 0 Å². The SMILES string of the molecule is COc1cc(OC)cc(C(=O)N2CCC(C(=O)NCCC3CC4CCC3C4)CC2)c1. The van der Waals surface area contributed by atoms with Crippen molar-refractivity contribution < 1.29 is 19.1 Å². The number of nitrogens with zero attached hydrogens (tertiary/aromatic N) is 1. The fourth-order valence-corrected chi connectivity index (χ4v) is 5.71. The Labute approximate surface area is 179 Å². The highest BCUT2D eigenvalue weighted by Crippen LogP contribution is 2.49. The molecule has 1 heterocycles. The Morgan fingerprint density at radius 2 is 1.70 bits per heavy atom. The molecule has 1 aromatic rings. The second kappa shape index (κ2) is 9.27. The van der Waals surface area contributed by atoms with Crippen LogP contribution in [0, 0.1) is 23.7 Å². The maximum Gasteiger partial charge on any atom is 0.254 e. The van der Waals surface area contributed by atoms with Crippen molar-refractivity contribution in [2.45, 2.75) is 44.9 Å². The van der Waals surface area contributed by atoms with Gasteiger partial charge in [-0.15, -0.1) is 0 Å². The molecule has 0 radical (unpaired) electrons. The predicted molar refractivity (Wildman–Crippen MR) is 115 cm³/mol. The summed E-state index contributed by atoms with van der Waals surface area (Å²) in [6.07, 6.45) is 8.17. The van der Waals surface area contributed by atoms with Crippen molar-refractivity contribution in [1.29, 1.82) is 0 Å². The average Bonchev–Trinajstić information content (AvgIpc) is 3.41. The Morgan fingerprint density at radius 3 is 2.27 bits per heavy atom. The van der Waals surface area contributed by atoms with E-state index in [1.165, 1.54) is 25.7 Å². The number of fused-ring (bicyclic) bond motifs is 2. The summed E-state index contributed by atoms with van der Waals surface area (Å²) in [4.78, 5) is 27.3. The van der Waals surface area contributed by atoms with E-state index < -0.39 is 0 Å². The molecule has 0 aromatic heterocycles. The van der Waals surface area contributed by atoms with Crippen LogP contribution in [0.1, 0.15) is 55.3 Å². The normalized spacial score (nSPS) is 25.9. The molecule has 1 aromatic carbocycles. The molecule has 3 unspecified atom stereocenters. The first-order valence-corrected chi connectivity index (χ1v) is 11.4. The quantitative estimate of drug-likeness (QED) is 0.742. The van der Waals surface area contributed by atoms with Gasteiger partial charge >= 0.3 is 0 Å². The lowest BCUT2D eigenvalue weighted by molar-refractivity contribution is -0.126. The lowest BCUT2D eigenvalue weighted by Gasteiger charge is -2.31. The van der Waals surface area contributed by atoms with Crippen molar-refractivity contribution >= 4 is 11.8 Å². The zero-order chi connectivity index (χ0) is 21.1. The van der Waals surface area contributed by atoms with E-state index in [1.54, 1.807) is 32.4 Å². The molecule has 0 spiro atoms. The van der Waals surface area contributed by atoms with Gasteiger partial charge in [-0.05, 0) is 68.4 Å². The third-order valence-electron chi connectivity index (χ3n) is 7.45. The molecule has 2 bridgehead atoms. The van der Waals surface area contributed by atoms with Crippen molar-refractivity contribution in [2.24, 2.45) is 23.7 Å². The minimum atomic E-state index is -0.0395. The molecule has 6 nitrogen and oxygen atoms in total. The van der Waals surface area contributed by atoms with Crippen LogP contribution in [0.25, 0.3) is 0 Å². The van der Waals surface area contributed by atoms with Crippen molar-refractivity contribution in [3.63, 3.8) is 0 Å². The summed E-state index contributed by atoms with van der Waals surface area (Å²) in [5, 5.41) is 3.17. The van der Waals surface area contributed by atoms with Crippen LogP contribution < -0.4 is 14.8 Å². The molecule has 3 atom stereocenters. The number of methoxy groups -OCH3 is 2. The lowest BCUT2D eigenvalue weighted by atomic mass is 9.86. The maximum absolute atomic E-state index is 12.9. The van der Waals surface area contributed by atoms with E-state index >= 15 is 0 Å². The Kier molecular flexibility index (Phi) is 6.49. The Hall–Kier alpha value is -2.24. The third kappa shape index (κ3) is 4.57. The first-order valence-electron chi connectivity index (χ1n) is 11.4. The van der Waals surface area contributed by atoms with Crippen molar-refractivity contribution in [3.8, 4) is 11.5 Å². The van der Waals surface area contributed by atoms with Crippen LogP contribution >= 0.6 is 0 Å². The summed E-state index contributed by atoms with van der Waals surface area (Å²) in [5.74, 6) is 4.02. The number of nitrogens with one attached hydrogen (secondary N) is 1. The van der Waals surface area contributed by atoms with E-state index in [0.717, 1.165) is 30.7 Å². The van der Waals surface area contributed by atoms with E-state index in [-0.39, 0.29) is 17.7 Å². The molecular weight excluding hydrogens is 380 g/mol. The number of ether oxygens (including phenoxy) is 2. The molecule has 2 saturated carbocycles. The van der Waals surface area contributed by atoms with Crippen LogP contribution in [0.15, 0.2) is 18.2 Å². The summed E-state index contributed by atoms with van der Waals surface area (Å²) in [6.45, 7) is 2.00. The Bertz CT molecular complexity index is 750. The smallest absolute Gasteiger partial charge is 0.254 e. The van der Waals surface area contributed by atoms with Crippen LogP contribution in [0.5, 0.6) is 11.5 Å². The zero-order valence-corrected chi connectivity index (χ0v) is 18.2. The summed E-state index contributed by atoms with van der Waals surface area (Å²) in [6, 6.07) is 5.22. The number of amides is 2. The standard InChI is InChI=1S/C24H34N2O4/c1-29-21-13-20(14-22(15-21)30-2)24(28)26-9-6-17(7-10-26)23(27)25-8-5-19-12-16-3-4-18(19)11-16/h13-19H,3-12H2,1-2H3,(H,25,27). The fraction of sp³-hybridized carbons (Fsp3) is 0.667. The van der Waals surface area contributed by atoms with Crippen LogP contribution in [0.2, 0.25) is 0 Å². The average molecular weight is 415 g/mol. The van der Waals surface area contributed by atoms with Gasteiger partial charge in [0.15, 0.2) is 0 Å². The highest BCUT2D eigenvalue weighted by Gasteiger charge is 2.39. The van der Waals surface area contributed by atoms with E-state index in [1.807, 2.05) is 4.90 Å². The Balaban J connectivity index is 1.23. The monoisotopic (exact) mass is 414 g/mol. The molecule has 2 aliphatic carbocycles. The minimum absolute atomic E-state index is 0.00826. The molecule has 164 valence electrons. The van der Waals surface area contributed by atoms with Crippen molar-refractivity contribution in [1.82, 2.24) is 10.2 Å². The third-order valence-corrected chi connectivity index (χ3v) is 7.45. The number of hydrogen-bond donors (Lipinski definition) is 1. The highest BCUT2D eigenvalue weighted by molar-refractivity contribution is 5.95. The highest BCUT2D eigenvalue weighted by atomic mass is 16.5. The summed E-state index contributed by atoms with van der Waals surface area (Å²) < 4.78 is 10.5. The number of piperidine rings is 1. The molecule has 3 aliphatic rings. The number of rotatable bonds is 7. The zero-order valence-electron chi connectivity index (χ0n) is 18.2. The largest absolute Gasteiger partial charge is 0.497 e. The van der Waals surface area contributed by atoms with Gasteiger partial charge in [0.1, 0.15) is 11.5 Å². The molecule has 1 saturated heterocycles. The first-order chi connectivity index (χ1) is 14.6. The van der Waals surface area contributed by atoms with Gasteiger partial charge < -0.3 is 19.7 Å². The topological polar surface area (TPSA) is 67.9 Å². The number of hydrogen-bond acceptors (Lipinski definition) is 4. The molecule has 30 heavy (non-hydrogen) atoms. The number of benzene rings is 1. The minimum Gasteiger partial charge on any atom is -0.497 e. The maximum atomic E-state index is 12.9. The molecule has 3 fully saturated rings.